The lowest BCUT2D eigenvalue weighted by atomic mass is 10.0. The summed E-state index contributed by atoms with van der Waals surface area (Å²) in [5, 5.41) is 15.4. The molecule has 0 unspecified atom stereocenters. The van der Waals surface area contributed by atoms with Gasteiger partial charge in [0.05, 0.1) is 39.0 Å². The number of hydrogen-bond donors (Lipinski definition) is 0. The van der Waals surface area contributed by atoms with Crippen LogP contribution in [-0.2, 0) is 0 Å². The molecule has 0 amide bonds. The van der Waals surface area contributed by atoms with Crippen LogP contribution < -0.4 is 0 Å². The Kier molecular flexibility index (Phi) is 5.29. The highest BCUT2D eigenvalue weighted by Crippen LogP contribution is 2.40. The first-order valence-electron chi connectivity index (χ1n) is 14.1. The minimum Gasteiger partial charge on any atom is -0.309 e. The van der Waals surface area contributed by atoms with Gasteiger partial charge in [-0.1, -0.05) is 65.7 Å². The number of para-hydroxylation sites is 2. The molecule has 0 N–H and O–H groups in total. The van der Waals surface area contributed by atoms with Gasteiger partial charge in [0.2, 0.25) is 0 Å². The number of benzene rings is 5. The summed E-state index contributed by atoms with van der Waals surface area (Å²) in [6.07, 6.45) is 3.70. The van der Waals surface area contributed by atoms with E-state index >= 15 is 0 Å². The molecule has 3 heterocycles. The number of fused-ring (bicyclic) bond motifs is 6. The maximum atomic E-state index is 10.7. The van der Waals surface area contributed by atoms with E-state index in [4.69, 9.17) is 0 Å². The SMILES string of the molecule is Cc1ccc2c(c1)c1ccccc1n2-c1cc(-c2cccnc2)c(-n2c3ccccc3c3cc(C)ccc32)cc1C#N. The van der Waals surface area contributed by atoms with E-state index in [9.17, 15) is 5.26 Å². The molecule has 0 fully saturated rings. The van der Waals surface area contributed by atoms with Gasteiger partial charge in [-0.15, -0.1) is 0 Å². The Labute approximate surface area is 243 Å². The Morgan fingerprint density at radius 1 is 0.571 bits per heavy atom. The molecule has 4 heteroatoms. The zero-order valence-corrected chi connectivity index (χ0v) is 23.3. The summed E-state index contributed by atoms with van der Waals surface area (Å²) >= 11 is 0. The minimum atomic E-state index is 0.610. The molecule has 8 aromatic rings. The molecule has 0 bridgehead atoms. The molecule has 0 aliphatic rings. The molecule has 8 rings (SSSR count). The molecule has 0 aliphatic heterocycles. The normalized spacial score (nSPS) is 11.5. The van der Waals surface area contributed by atoms with Crippen molar-refractivity contribution in [2.75, 3.05) is 0 Å². The Bertz CT molecular complexity index is 2380. The standard InChI is InChI=1S/C38H26N4/c1-24-13-15-35-31(18-24)28-9-3-5-11-33(28)41(35)37-21-30(26-8-7-17-40-23-26)38(20-27(37)22-39)42-34-12-6-4-10-29(34)32-19-25(2)14-16-36(32)42/h3-21,23H,1-2H3. The van der Waals surface area contributed by atoms with Crippen molar-refractivity contribution in [3.05, 3.63) is 138 Å². The molecule has 0 aliphatic carbocycles. The van der Waals surface area contributed by atoms with Gasteiger partial charge in [-0.25, -0.2) is 0 Å². The lowest BCUT2D eigenvalue weighted by molar-refractivity contribution is 1.13. The quantitative estimate of drug-likeness (QED) is 0.225. The Hall–Kier alpha value is -5.66. The first-order valence-corrected chi connectivity index (χ1v) is 14.1. The van der Waals surface area contributed by atoms with Gasteiger partial charge >= 0.3 is 0 Å². The van der Waals surface area contributed by atoms with E-state index in [1.807, 2.05) is 12.3 Å². The van der Waals surface area contributed by atoms with Crippen molar-refractivity contribution in [2.24, 2.45) is 0 Å². The van der Waals surface area contributed by atoms with Crippen molar-refractivity contribution in [3.63, 3.8) is 0 Å². The third kappa shape index (κ3) is 3.51. The van der Waals surface area contributed by atoms with Crippen LogP contribution in [0.4, 0.5) is 0 Å². The summed E-state index contributed by atoms with van der Waals surface area (Å²) in [7, 11) is 0. The van der Waals surface area contributed by atoms with Crippen molar-refractivity contribution >= 4 is 43.6 Å². The molecule has 0 saturated carbocycles. The van der Waals surface area contributed by atoms with Gasteiger partial charge in [0, 0.05) is 45.1 Å². The maximum Gasteiger partial charge on any atom is 0.101 e. The average molecular weight is 539 g/mol. The summed E-state index contributed by atoms with van der Waals surface area (Å²) in [6.45, 7) is 4.25. The van der Waals surface area contributed by atoms with Gasteiger partial charge < -0.3 is 9.13 Å². The van der Waals surface area contributed by atoms with Gasteiger partial charge in [0.25, 0.3) is 0 Å². The highest BCUT2D eigenvalue weighted by molar-refractivity contribution is 6.11. The first-order chi connectivity index (χ1) is 20.6. The van der Waals surface area contributed by atoms with Crippen molar-refractivity contribution in [3.8, 4) is 28.6 Å². The number of rotatable bonds is 3. The second-order valence-electron chi connectivity index (χ2n) is 11.0. The molecule has 0 spiro atoms. The van der Waals surface area contributed by atoms with Crippen molar-refractivity contribution in [2.45, 2.75) is 13.8 Å². The zero-order chi connectivity index (χ0) is 28.4. The van der Waals surface area contributed by atoms with Gasteiger partial charge in [0.15, 0.2) is 0 Å². The second kappa shape index (κ2) is 9.19. The van der Waals surface area contributed by atoms with Gasteiger partial charge in [0.1, 0.15) is 6.07 Å². The summed E-state index contributed by atoms with van der Waals surface area (Å²) in [4.78, 5) is 4.48. The van der Waals surface area contributed by atoms with Crippen LogP contribution in [0, 0.1) is 25.2 Å². The van der Waals surface area contributed by atoms with Crippen molar-refractivity contribution in [1.82, 2.24) is 14.1 Å². The highest BCUT2D eigenvalue weighted by atomic mass is 15.0. The number of nitriles is 1. The predicted molar refractivity (Wildman–Crippen MR) is 173 cm³/mol. The van der Waals surface area contributed by atoms with Gasteiger partial charge in [-0.05, 0) is 68.4 Å². The molecule has 198 valence electrons. The fourth-order valence-electron chi connectivity index (χ4n) is 6.48. The molecule has 0 atom stereocenters. The Balaban J connectivity index is 1.53. The molecule has 5 aromatic carbocycles. The van der Waals surface area contributed by atoms with Crippen LogP contribution in [0.5, 0.6) is 0 Å². The molecule has 0 saturated heterocycles. The van der Waals surface area contributed by atoms with Crippen LogP contribution in [-0.4, -0.2) is 14.1 Å². The topological polar surface area (TPSA) is 46.5 Å². The van der Waals surface area contributed by atoms with E-state index < -0.39 is 0 Å². The summed E-state index contributed by atoms with van der Waals surface area (Å²) < 4.78 is 4.54. The highest BCUT2D eigenvalue weighted by Gasteiger charge is 2.21. The molecular formula is C38H26N4. The summed E-state index contributed by atoms with van der Waals surface area (Å²) in [5.74, 6) is 0. The first kappa shape index (κ1) is 24.2. The number of pyridine rings is 1. The average Bonchev–Trinajstić information content (AvgIpc) is 3.53. The van der Waals surface area contributed by atoms with Crippen molar-refractivity contribution in [1.29, 1.82) is 5.26 Å². The number of aryl methyl sites for hydroxylation is 2. The molecule has 42 heavy (non-hydrogen) atoms. The van der Waals surface area contributed by atoms with E-state index in [0.717, 1.165) is 44.6 Å². The fourth-order valence-corrected chi connectivity index (χ4v) is 6.48. The molecule has 4 nitrogen and oxygen atoms in total. The Morgan fingerprint density at radius 2 is 1.14 bits per heavy atom. The largest absolute Gasteiger partial charge is 0.309 e. The summed E-state index contributed by atoms with van der Waals surface area (Å²) in [5.41, 5.74) is 11.2. The second-order valence-corrected chi connectivity index (χ2v) is 11.0. The third-order valence-corrected chi connectivity index (χ3v) is 8.34. The predicted octanol–water partition coefficient (Wildman–Crippen LogP) is 9.43. The van der Waals surface area contributed by atoms with Crippen LogP contribution >= 0.6 is 0 Å². The number of aromatic nitrogens is 3. The van der Waals surface area contributed by atoms with E-state index in [1.54, 1.807) is 6.20 Å². The maximum absolute atomic E-state index is 10.7. The zero-order valence-electron chi connectivity index (χ0n) is 23.3. The minimum absolute atomic E-state index is 0.610. The summed E-state index contributed by atoms with van der Waals surface area (Å²) in [6, 6.07) is 40.9. The lowest BCUT2D eigenvalue weighted by Gasteiger charge is -2.18. The molecule has 3 aromatic heterocycles. The van der Waals surface area contributed by atoms with Gasteiger partial charge in [-0.3, -0.25) is 4.98 Å². The van der Waals surface area contributed by atoms with Crippen LogP contribution in [0.1, 0.15) is 16.7 Å². The monoisotopic (exact) mass is 538 g/mol. The van der Waals surface area contributed by atoms with E-state index in [1.165, 1.54) is 32.7 Å². The third-order valence-electron chi connectivity index (χ3n) is 8.34. The Morgan fingerprint density at radius 3 is 1.71 bits per heavy atom. The number of hydrogen-bond acceptors (Lipinski definition) is 2. The van der Waals surface area contributed by atoms with Gasteiger partial charge in [-0.2, -0.15) is 5.26 Å². The van der Waals surface area contributed by atoms with Crippen LogP contribution in [0.15, 0.2) is 122 Å². The van der Waals surface area contributed by atoms with Crippen LogP contribution in [0.2, 0.25) is 0 Å². The smallest absolute Gasteiger partial charge is 0.101 e. The lowest BCUT2D eigenvalue weighted by Crippen LogP contribution is -2.04. The fraction of sp³-hybridized carbons (Fsp3) is 0.0526. The van der Waals surface area contributed by atoms with Crippen molar-refractivity contribution < 1.29 is 0 Å². The van der Waals surface area contributed by atoms with E-state index in [-0.39, 0.29) is 0 Å². The van der Waals surface area contributed by atoms with Crippen LogP contribution in [0.25, 0.3) is 66.1 Å². The molecular weight excluding hydrogens is 512 g/mol. The number of nitrogens with zero attached hydrogens (tertiary/aromatic N) is 4. The molecule has 0 radical (unpaired) electrons. The van der Waals surface area contributed by atoms with E-state index in [0.29, 0.717) is 5.56 Å². The van der Waals surface area contributed by atoms with E-state index in [2.05, 4.69) is 137 Å². The van der Waals surface area contributed by atoms with Crippen LogP contribution in [0.3, 0.4) is 0 Å².